The number of halogens is 1. The summed E-state index contributed by atoms with van der Waals surface area (Å²) in [6, 6.07) is 20.9. The zero-order valence-corrected chi connectivity index (χ0v) is 13.9. The number of benzene rings is 3. The maximum Gasteiger partial charge on any atom is 0.251 e. The molecular weight excluding hydrogens is 321 g/mol. The lowest BCUT2D eigenvalue weighted by Gasteiger charge is -2.05. The monoisotopic (exact) mass is 337 g/mol. The third-order valence-corrected chi connectivity index (χ3v) is 4.32. The fraction of sp³-hybridized carbons (Fsp3) is 0.0500. The van der Waals surface area contributed by atoms with Gasteiger partial charge in [-0.05, 0) is 42.0 Å². The molecule has 3 aromatic rings. The minimum atomic E-state index is -0.544. The lowest BCUT2D eigenvalue weighted by molar-refractivity contribution is -0.112. The molecule has 0 heterocycles. The van der Waals surface area contributed by atoms with Gasteiger partial charge in [-0.15, -0.1) is 0 Å². The Labute approximate surface area is 144 Å². The fourth-order valence-electron chi connectivity index (χ4n) is 2.30. The third kappa shape index (κ3) is 4.24. The second-order valence-corrected chi connectivity index (χ2v) is 6.48. The summed E-state index contributed by atoms with van der Waals surface area (Å²) >= 11 is 0.927. The van der Waals surface area contributed by atoms with Gasteiger partial charge in [-0.2, -0.15) is 4.39 Å². The first-order valence-corrected chi connectivity index (χ1v) is 8.33. The molecule has 0 aliphatic carbocycles. The number of anilines is 1. The van der Waals surface area contributed by atoms with Crippen LogP contribution in [0.1, 0.15) is 5.56 Å². The predicted molar refractivity (Wildman–Crippen MR) is 98.8 cm³/mol. The molecule has 2 nitrogen and oxygen atoms in total. The van der Waals surface area contributed by atoms with Gasteiger partial charge in [0.2, 0.25) is 0 Å². The summed E-state index contributed by atoms with van der Waals surface area (Å²) in [5.41, 5.74) is 1.75. The topological polar surface area (TPSA) is 29.1 Å². The van der Waals surface area contributed by atoms with Gasteiger partial charge in [0, 0.05) is 16.7 Å². The molecule has 120 valence electrons. The number of nitrogens with one attached hydrogen (secondary N) is 1. The van der Waals surface area contributed by atoms with E-state index in [1.807, 2.05) is 67.6 Å². The number of amides is 1. The number of carbonyl (C=O) groups is 1. The van der Waals surface area contributed by atoms with Crippen LogP contribution < -0.4 is 5.32 Å². The van der Waals surface area contributed by atoms with Gasteiger partial charge in [0.1, 0.15) is 0 Å². The maximum atomic E-state index is 14.0. The van der Waals surface area contributed by atoms with Crippen molar-refractivity contribution in [3.63, 3.8) is 0 Å². The summed E-state index contributed by atoms with van der Waals surface area (Å²) in [5, 5.41) is 4.26. The number of hydrogen-bond donors (Lipinski definition) is 1. The zero-order chi connectivity index (χ0) is 16.9. The van der Waals surface area contributed by atoms with E-state index in [0.29, 0.717) is 5.69 Å². The second-order valence-electron chi connectivity index (χ2n) is 5.41. The van der Waals surface area contributed by atoms with Crippen molar-refractivity contribution in [3.8, 4) is 0 Å². The molecule has 0 radical (unpaired) electrons. The summed E-state index contributed by atoms with van der Waals surface area (Å²) in [6.07, 6.45) is 0.972. The van der Waals surface area contributed by atoms with E-state index in [4.69, 9.17) is 0 Å². The second kappa shape index (κ2) is 7.32. The highest BCUT2D eigenvalue weighted by Gasteiger charge is 2.05. The van der Waals surface area contributed by atoms with Gasteiger partial charge in [0.25, 0.3) is 5.91 Å². The molecule has 0 fully saturated rings. The smallest absolute Gasteiger partial charge is 0.251 e. The molecule has 0 saturated heterocycles. The first-order chi connectivity index (χ1) is 11.6. The molecule has 4 heteroatoms. The van der Waals surface area contributed by atoms with Crippen LogP contribution in [0.5, 0.6) is 0 Å². The van der Waals surface area contributed by atoms with E-state index < -0.39 is 11.1 Å². The summed E-state index contributed by atoms with van der Waals surface area (Å²) in [6.45, 7) is 1.97. The Bertz CT molecular complexity index is 903. The third-order valence-electron chi connectivity index (χ3n) is 3.50. The van der Waals surface area contributed by atoms with E-state index >= 15 is 0 Å². The summed E-state index contributed by atoms with van der Waals surface area (Å²) in [7, 11) is 0. The van der Waals surface area contributed by atoms with Crippen LogP contribution in [0.4, 0.5) is 10.1 Å². The summed E-state index contributed by atoms with van der Waals surface area (Å²) in [5.74, 6) is -0.484. The normalized spacial score (nSPS) is 11.5. The summed E-state index contributed by atoms with van der Waals surface area (Å²) in [4.78, 5) is 12.7. The van der Waals surface area contributed by atoms with E-state index in [1.165, 1.54) is 0 Å². The molecule has 3 rings (SSSR count). The summed E-state index contributed by atoms with van der Waals surface area (Å²) < 4.78 is 14.0. The molecule has 0 saturated carbocycles. The van der Waals surface area contributed by atoms with Crippen molar-refractivity contribution in [2.75, 3.05) is 5.32 Å². The Kier molecular flexibility index (Phi) is 4.96. The van der Waals surface area contributed by atoms with Crippen LogP contribution in [0.25, 0.3) is 10.8 Å². The Morgan fingerprint density at radius 3 is 2.46 bits per heavy atom. The quantitative estimate of drug-likeness (QED) is 0.489. The molecule has 0 bridgehead atoms. The standard InChI is InChI=1S/C20H16FNOS/c1-14-6-10-18(11-7-14)24-19(21)13-20(23)22-17-9-8-15-4-2-3-5-16(15)12-17/h2-13H,1H3,(H,22,23). The van der Waals surface area contributed by atoms with Crippen molar-refractivity contribution >= 4 is 34.1 Å². The van der Waals surface area contributed by atoms with Gasteiger partial charge in [0.15, 0.2) is 5.16 Å². The van der Waals surface area contributed by atoms with Gasteiger partial charge in [-0.25, -0.2) is 0 Å². The van der Waals surface area contributed by atoms with Crippen LogP contribution >= 0.6 is 11.8 Å². The van der Waals surface area contributed by atoms with Crippen LogP contribution in [0, 0.1) is 6.92 Å². The number of fused-ring (bicyclic) bond motifs is 1. The van der Waals surface area contributed by atoms with E-state index in [-0.39, 0.29) is 0 Å². The maximum absolute atomic E-state index is 14.0. The van der Waals surface area contributed by atoms with E-state index in [9.17, 15) is 9.18 Å². The fourth-order valence-corrected chi connectivity index (χ4v) is 2.96. The number of carbonyl (C=O) groups excluding carboxylic acids is 1. The molecule has 0 spiro atoms. The first-order valence-electron chi connectivity index (χ1n) is 7.52. The molecule has 0 unspecified atom stereocenters. The molecule has 24 heavy (non-hydrogen) atoms. The highest BCUT2D eigenvalue weighted by Crippen LogP contribution is 2.27. The lowest BCUT2D eigenvalue weighted by atomic mass is 10.1. The molecule has 0 aromatic heterocycles. The first kappa shape index (κ1) is 16.3. The highest BCUT2D eigenvalue weighted by atomic mass is 32.2. The van der Waals surface area contributed by atoms with Crippen molar-refractivity contribution in [2.24, 2.45) is 0 Å². The van der Waals surface area contributed by atoms with Crippen LogP contribution in [0.3, 0.4) is 0 Å². The van der Waals surface area contributed by atoms with E-state index in [0.717, 1.165) is 39.1 Å². The Morgan fingerprint density at radius 2 is 1.71 bits per heavy atom. The minimum absolute atomic E-state index is 0.484. The van der Waals surface area contributed by atoms with Gasteiger partial charge in [0.05, 0.1) is 0 Å². The molecule has 0 atom stereocenters. The van der Waals surface area contributed by atoms with Crippen molar-refractivity contribution in [3.05, 3.63) is 83.5 Å². The van der Waals surface area contributed by atoms with E-state index in [1.54, 1.807) is 6.07 Å². The van der Waals surface area contributed by atoms with Crippen LogP contribution in [0.15, 0.2) is 82.9 Å². The lowest BCUT2D eigenvalue weighted by Crippen LogP contribution is -2.08. The van der Waals surface area contributed by atoms with Crippen LogP contribution in [-0.4, -0.2) is 5.91 Å². The van der Waals surface area contributed by atoms with E-state index in [2.05, 4.69) is 5.32 Å². The van der Waals surface area contributed by atoms with Crippen molar-refractivity contribution < 1.29 is 9.18 Å². The van der Waals surface area contributed by atoms with Crippen LogP contribution in [0.2, 0.25) is 0 Å². The number of thioether (sulfide) groups is 1. The average molecular weight is 337 g/mol. The molecule has 0 aliphatic rings. The van der Waals surface area contributed by atoms with Gasteiger partial charge in [-0.1, -0.05) is 59.8 Å². The van der Waals surface area contributed by atoms with Crippen LogP contribution in [-0.2, 0) is 4.79 Å². The molecule has 0 aliphatic heterocycles. The van der Waals surface area contributed by atoms with Crippen molar-refractivity contribution in [1.29, 1.82) is 0 Å². The largest absolute Gasteiger partial charge is 0.322 e. The number of hydrogen-bond acceptors (Lipinski definition) is 2. The zero-order valence-electron chi connectivity index (χ0n) is 13.1. The minimum Gasteiger partial charge on any atom is -0.322 e. The molecular formula is C20H16FNOS. The Balaban J connectivity index is 1.67. The number of rotatable bonds is 4. The van der Waals surface area contributed by atoms with Crippen molar-refractivity contribution in [2.45, 2.75) is 11.8 Å². The molecule has 3 aromatic carbocycles. The average Bonchev–Trinajstić information content (AvgIpc) is 2.56. The Morgan fingerprint density at radius 1 is 1.00 bits per heavy atom. The number of aryl methyl sites for hydroxylation is 1. The molecule has 1 amide bonds. The van der Waals surface area contributed by atoms with Gasteiger partial charge >= 0.3 is 0 Å². The SMILES string of the molecule is Cc1ccc(SC(F)=CC(=O)Nc2ccc3ccccc3c2)cc1. The van der Waals surface area contributed by atoms with Gasteiger partial charge < -0.3 is 5.32 Å². The highest BCUT2D eigenvalue weighted by molar-refractivity contribution is 8.02. The molecule has 1 N–H and O–H groups in total. The van der Waals surface area contributed by atoms with Crippen molar-refractivity contribution in [1.82, 2.24) is 0 Å². The van der Waals surface area contributed by atoms with Gasteiger partial charge in [-0.3, -0.25) is 4.79 Å². The Hall–Kier alpha value is -2.59. The predicted octanol–water partition coefficient (Wildman–Crippen LogP) is 5.69.